The van der Waals surface area contributed by atoms with Gasteiger partial charge in [-0.1, -0.05) is 0 Å². The van der Waals surface area contributed by atoms with E-state index in [4.69, 9.17) is 0 Å². The summed E-state index contributed by atoms with van der Waals surface area (Å²) in [4.78, 5) is 12.5. The van der Waals surface area contributed by atoms with Crippen LogP contribution in [0.4, 0.5) is 0 Å². The van der Waals surface area contributed by atoms with Crippen molar-refractivity contribution in [3.05, 3.63) is 34.3 Å². The van der Waals surface area contributed by atoms with E-state index in [1.54, 1.807) is 4.68 Å². The van der Waals surface area contributed by atoms with Gasteiger partial charge < -0.3 is 5.32 Å². The fourth-order valence-electron chi connectivity index (χ4n) is 3.06. The van der Waals surface area contributed by atoms with Gasteiger partial charge in [0.25, 0.3) is 0 Å². The first-order valence-electron chi connectivity index (χ1n) is 8.07. The second-order valence-corrected chi connectivity index (χ2v) is 5.87. The van der Waals surface area contributed by atoms with E-state index in [1.807, 2.05) is 35.4 Å². The summed E-state index contributed by atoms with van der Waals surface area (Å²) in [6.07, 6.45) is 4.17. The van der Waals surface area contributed by atoms with Crippen molar-refractivity contribution in [2.45, 2.75) is 52.2 Å². The maximum absolute atomic E-state index is 12.5. The third-order valence-corrected chi connectivity index (χ3v) is 4.24. The molecule has 0 aromatic carbocycles. The molecule has 1 fully saturated rings. The Kier molecular flexibility index (Phi) is 7.99. The summed E-state index contributed by atoms with van der Waals surface area (Å²) in [7, 11) is 0. The molecule has 0 bridgehead atoms. The highest BCUT2D eigenvalue weighted by molar-refractivity contribution is 5.85. The van der Waals surface area contributed by atoms with Crippen LogP contribution < -0.4 is 11.0 Å². The van der Waals surface area contributed by atoms with Crippen LogP contribution in [0, 0.1) is 6.92 Å². The van der Waals surface area contributed by atoms with Crippen LogP contribution in [-0.4, -0.2) is 37.2 Å². The van der Waals surface area contributed by atoms with Gasteiger partial charge in [-0.2, -0.15) is 10.2 Å². The quantitative estimate of drug-likeness (QED) is 0.859. The standard InChI is InChI=1S/C15H24N6O.2ClH/c1-3-20-14(13-5-4-7-16-11-13)18-21(15(20)22)10-9-19-8-6-12(2)17-19;;/h6,8,13,16H,3-5,7,9-11H2,1-2H3;2*1H. The summed E-state index contributed by atoms with van der Waals surface area (Å²) in [5.74, 6) is 1.27. The van der Waals surface area contributed by atoms with E-state index in [-0.39, 0.29) is 30.5 Å². The Morgan fingerprint density at radius 2 is 2.08 bits per heavy atom. The Morgan fingerprint density at radius 3 is 2.67 bits per heavy atom. The number of hydrogen-bond acceptors (Lipinski definition) is 4. The molecule has 136 valence electrons. The van der Waals surface area contributed by atoms with Crippen molar-refractivity contribution in [2.75, 3.05) is 13.1 Å². The summed E-state index contributed by atoms with van der Waals surface area (Å²) in [6, 6.07) is 1.96. The average Bonchev–Trinajstić information content (AvgIpc) is 3.09. The number of halogens is 2. The second-order valence-electron chi connectivity index (χ2n) is 5.87. The van der Waals surface area contributed by atoms with E-state index in [2.05, 4.69) is 15.5 Å². The molecule has 3 rings (SSSR count). The van der Waals surface area contributed by atoms with Gasteiger partial charge in [0.15, 0.2) is 0 Å². The van der Waals surface area contributed by atoms with E-state index < -0.39 is 0 Å². The summed E-state index contributed by atoms with van der Waals surface area (Å²) >= 11 is 0. The van der Waals surface area contributed by atoms with Gasteiger partial charge in [0, 0.05) is 25.2 Å². The number of hydrogen-bond donors (Lipinski definition) is 1. The summed E-state index contributed by atoms with van der Waals surface area (Å²) < 4.78 is 5.25. The zero-order valence-electron chi connectivity index (χ0n) is 14.1. The molecule has 3 heterocycles. The summed E-state index contributed by atoms with van der Waals surface area (Å²) in [5, 5.41) is 12.4. The molecule has 0 aliphatic carbocycles. The number of nitrogens with one attached hydrogen (secondary N) is 1. The van der Waals surface area contributed by atoms with Gasteiger partial charge in [-0.25, -0.2) is 9.48 Å². The normalized spacial score (nSPS) is 17.2. The van der Waals surface area contributed by atoms with Crippen LogP contribution in [0.15, 0.2) is 17.1 Å². The summed E-state index contributed by atoms with van der Waals surface area (Å²) in [5.41, 5.74) is 0.979. The minimum Gasteiger partial charge on any atom is -0.316 e. The van der Waals surface area contributed by atoms with E-state index in [0.717, 1.165) is 37.4 Å². The first kappa shape index (κ1) is 20.7. The highest BCUT2D eigenvalue weighted by Crippen LogP contribution is 2.20. The monoisotopic (exact) mass is 376 g/mol. The van der Waals surface area contributed by atoms with Crippen LogP contribution in [0.25, 0.3) is 0 Å². The fraction of sp³-hybridized carbons (Fsp3) is 0.667. The van der Waals surface area contributed by atoms with Crippen molar-refractivity contribution >= 4 is 24.8 Å². The molecule has 2 aromatic rings. The van der Waals surface area contributed by atoms with Gasteiger partial charge in [-0.15, -0.1) is 24.8 Å². The number of aromatic nitrogens is 5. The molecule has 1 unspecified atom stereocenters. The van der Waals surface area contributed by atoms with Gasteiger partial charge in [-0.05, 0) is 39.3 Å². The van der Waals surface area contributed by atoms with Crippen LogP contribution in [0.3, 0.4) is 0 Å². The first-order valence-corrected chi connectivity index (χ1v) is 8.07. The lowest BCUT2D eigenvalue weighted by molar-refractivity contribution is 0.428. The van der Waals surface area contributed by atoms with Crippen molar-refractivity contribution in [3.8, 4) is 0 Å². The molecule has 1 N–H and O–H groups in total. The highest BCUT2D eigenvalue weighted by atomic mass is 35.5. The average molecular weight is 377 g/mol. The van der Waals surface area contributed by atoms with Gasteiger partial charge >= 0.3 is 5.69 Å². The van der Waals surface area contributed by atoms with Gasteiger partial charge in [0.2, 0.25) is 0 Å². The van der Waals surface area contributed by atoms with Crippen LogP contribution >= 0.6 is 24.8 Å². The minimum atomic E-state index is -0.00745. The molecule has 9 heteroatoms. The number of aryl methyl sites for hydroxylation is 3. The molecule has 1 aliphatic rings. The molecule has 7 nitrogen and oxygen atoms in total. The smallest absolute Gasteiger partial charge is 0.316 e. The van der Waals surface area contributed by atoms with Crippen LogP contribution in [0.5, 0.6) is 0 Å². The lowest BCUT2D eigenvalue weighted by Gasteiger charge is -2.21. The Labute approximate surface area is 154 Å². The Bertz CT molecular complexity index is 686. The zero-order valence-corrected chi connectivity index (χ0v) is 15.8. The SMILES string of the molecule is CCn1c(C2CCCNC2)nn(CCn2ccc(C)n2)c1=O.Cl.Cl. The zero-order chi connectivity index (χ0) is 15.5. The van der Waals surface area contributed by atoms with Gasteiger partial charge in [-0.3, -0.25) is 9.25 Å². The molecule has 0 spiro atoms. The highest BCUT2D eigenvalue weighted by Gasteiger charge is 2.23. The Balaban J connectivity index is 0.00000144. The van der Waals surface area contributed by atoms with Gasteiger partial charge in [0.1, 0.15) is 5.82 Å². The van der Waals surface area contributed by atoms with E-state index in [1.165, 1.54) is 0 Å². The molecule has 0 saturated carbocycles. The van der Waals surface area contributed by atoms with E-state index in [0.29, 0.717) is 25.6 Å². The lowest BCUT2D eigenvalue weighted by Crippen LogP contribution is -2.31. The third-order valence-electron chi connectivity index (χ3n) is 4.24. The van der Waals surface area contributed by atoms with E-state index in [9.17, 15) is 4.79 Å². The van der Waals surface area contributed by atoms with Gasteiger partial charge in [0.05, 0.1) is 18.8 Å². The molecule has 0 amide bonds. The predicted molar refractivity (Wildman–Crippen MR) is 98.5 cm³/mol. The van der Waals surface area contributed by atoms with Crippen molar-refractivity contribution in [3.63, 3.8) is 0 Å². The largest absolute Gasteiger partial charge is 0.345 e. The molecule has 1 atom stereocenters. The van der Waals surface area contributed by atoms with Crippen LogP contribution in [0.2, 0.25) is 0 Å². The molecule has 2 aromatic heterocycles. The first-order chi connectivity index (χ1) is 10.7. The van der Waals surface area contributed by atoms with Crippen molar-refractivity contribution in [1.82, 2.24) is 29.4 Å². The third kappa shape index (κ3) is 4.40. The van der Waals surface area contributed by atoms with Crippen LogP contribution in [-0.2, 0) is 19.6 Å². The molecule has 24 heavy (non-hydrogen) atoms. The second kappa shape index (κ2) is 9.25. The number of piperidine rings is 1. The van der Waals surface area contributed by atoms with Crippen molar-refractivity contribution in [1.29, 1.82) is 0 Å². The Hall–Kier alpha value is -1.31. The van der Waals surface area contributed by atoms with Crippen LogP contribution in [0.1, 0.15) is 37.2 Å². The molecular formula is C15H26Cl2N6O. The van der Waals surface area contributed by atoms with E-state index >= 15 is 0 Å². The fourth-order valence-corrected chi connectivity index (χ4v) is 3.06. The minimum absolute atomic E-state index is 0. The molecule has 1 saturated heterocycles. The molecule has 0 radical (unpaired) electrons. The number of rotatable bonds is 5. The lowest BCUT2D eigenvalue weighted by atomic mass is 9.99. The molecular weight excluding hydrogens is 351 g/mol. The Morgan fingerprint density at radius 1 is 1.29 bits per heavy atom. The summed E-state index contributed by atoms with van der Waals surface area (Å²) in [6.45, 7) is 7.83. The van der Waals surface area contributed by atoms with Crippen molar-refractivity contribution in [2.24, 2.45) is 0 Å². The maximum Gasteiger partial charge on any atom is 0.345 e. The molecule has 1 aliphatic heterocycles. The number of nitrogens with zero attached hydrogens (tertiary/aromatic N) is 5. The predicted octanol–water partition coefficient (Wildman–Crippen LogP) is 1.58. The topological polar surface area (TPSA) is 69.7 Å². The maximum atomic E-state index is 12.5. The van der Waals surface area contributed by atoms with Crippen molar-refractivity contribution < 1.29 is 0 Å².